The van der Waals surface area contributed by atoms with Crippen molar-refractivity contribution in [2.24, 2.45) is 0 Å². The van der Waals surface area contributed by atoms with Gasteiger partial charge in [-0.1, -0.05) is 36.4 Å². The van der Waals surface area contributed by atoms with Crippen molar-refractivity contribution in [3.8, 4) is 0 Å². The van der Waals surface area contributed by atoms with Gasteiger partial charge in [0.25, 0.3) is 5.91 Å². The summed E-state index contributed by atoms with van der Waals surface area (Å²) in [4.78, 5) is 34.0. The van der Waals surface area contributed by atoms with Crippen LogP contribution in [0.4, 0.5) is 17.3 Å². The van der Waals surface area contributed by atoms with Gasteiger partial charge in [0, 0.05) is 31.7 Å². The van der Waals surface area contributed by atoms with Gasteiger partial charge in [-0.25, -0.2) is 15.0 Å². The number of piperazine rings is 1. The summed E-state index contributed by atoms with van der Waals surface area (Å²) in [5.41, 5.74) is 8.18. The molecule has 1 aliphatic rings. The predicted molar refractivity (Wildman–Crippen MR) is 116 cm³/mol. The topological polar surface area (TPSA) is 129 Å². The molecular formula is C20H22N8O3. The van der Waals surface area contributed by atoms with Gasteiger partial charge < -0.3 is 4.90 Å². The van der Waals surface area contributed by atoms with Crippen molar-refractivity contribution in [3.63, 3.8) is 0 Å². The van der Waals surface area contributed by atoms with Gasteiger partial charge in [0.05, 0.1) is 4.92 Å². The van der Waals surface area contributed by atoms with Gasteiger partial charge in [-0.2, -0.15) is 0 Å². The van der Waals surface area contributed by atoms with E-state index in [4.69, 9.17) is 0 Å². The maximum atomic E-state index is 12.7. The second-order valence-electron chi connectivity index (χ2n) is 7.18. The molecule has 160 valence electrons. The van der Waals surface area contributed by atoms with Crippen LogP contribution in [0.1, 0.15) is 10.4 Å². The maximum Gasteiger partial charge on any atom is 0.356 e. The van der Waals surface area contributed by atoms with Crippen LogP contribution >= 0.6 is 0 Å². The number of fused-ring (bicyclic) bond motifs is 1. The lowest BCUT2D eigenvalue weighted by Crippen LogP contribution is -2.47. The van der Waals surface area contributed by atoms with Crippen molar-refractivity contribution in [3.05, 3.63) is 64.5 Å². The van der Waals surface area contributed by atoms with Crippen molar-refractivity contribution >= 4 is 34.0 Å². The number of carbonyl (C=O) groups excluding carboxylic acids is 1. The van der Waals surface area contributed by atoms with Gasteiger partial charge in [-0.15, -0.1) is 0 Å². The minimum absolute atomic E-state index is 0.0615. The third-order valence-corrected chi connectivity index (χ3v) is 5.10. The van der Waals surface area contributed by atoms with Crippen molar-refractivity contribution < 1.29 is 9.72 Å². The number of hydrazine groups is 2. The fourth-order valence-electron chi connectivity index (χ4n) is 3.40. The van der Waals surface area contributed by atoms with Crippen molar-refractivity contribution in [2.75, 3.05) is 44.1 Å². The summed E-state index contributed by atoms with van der Waals surface area (Å²) < 4.78 is 0. The molecule has 1 aliphatic heterocycles. The van der Waals surface area contributed by atoms with E-state index in [2.05, 4.69) is 31.1 Å². The van der Waals surface area contributed by atoms with E-state index in [-0.39, 0.29) is 17.3 Å². The van der Waals surface area contributed by atoms with Crippen LogP contribution in [-0.2, 0) is 0 Å². The zero-order valence-corrected chi connectivity index (χ0v) is 16.9. The van der Waals surface area contributed by atoms with Crippen LogP contribution in [0.5, 0.6) is 0 Å². The Balaban J connectivity index is 1.53. The normalized spacial score (nSPS) is 14.9. The Morgan fingerprint density at radius 1 is 1.03 bits per heavy atom. The van der Waals surface area contributed by atoms with Crippen LogP contribution < -0.4 is 16.3 Å². The van der Waals surface area contributed by atoms with Crippen molar-refractivity contribution in [1.29, 1.82) is 0 Å². The predicted octanol–water partition coefficient (Wildman–Crippen LogP) is 1.87. The van der Waals surface area contributed by atoms with E-state index in [1.807, 2.05) is 42.4 Å². The third kappa shape index (κ3) is 4.52. The lowest BCUT2D eigenvalue weighted by atomic mass is 10.0. The van der Waals surface area contributed by atoms with E-state index >= 15 is 0 Å². The maximum absolute atomic E-state index is 12.7. The fourth-order valence-corrected chi connectivity index (χ4v) is 3.40. The van der Waals surface area contributed by atoms with Crippen LogP contribution in [0, 0.1) is 10.1 Å². The van der Waals surface area contributed by atoms with Crippen LogP contribution in [0.3, 0.4) is 0 Å². The molecule has 2 heterocycles. The Morgan fingerprint density at radius 2 is 1.74 bits per heavy atom. The quantitative estimate of drug-likeness (QED) is 0.403. The number of carbonyl (C=O) groups is 1. The largest absolute Gasteiger partial charge is 0.356 e. The van der Waals surface area contributed by atoms with Crippen LogP contribution in [0.2, 0.25) is 0 Å². The first-order valence-electron chi connectivity index (χ1n) is 9.76. The summed E-state index contributed by atoms with van der Waals surface area (Å²) in [6, 6.07) is 12.9. The molecule has 3 N–H and O–H groups in total. The van der Waals surface area contributed by atoms with E-state index < -0.39 is 10.8 Å². The molecule has 0 spiro atoms. The zero-order valence-electron chi connectivity index (χ0n) is 16.9. The highest BCUT2D eigenvalue weighted by Gasteiger charge is 2.26. The smallest absolute Gasteiger partial charge is 0.304 e. The van der Waals surface area contributed by atoms with Crippen molar-refractivity contribution in [1.82, 2.24) is 25.3 Å². The van der Waals surface area contributed by atoms with E-state index in [1.165, 1.54) is 6.33 Å². The molecule has 11 nitrogen and oxygen atoms in total. The number of nitro groups is 1. The molecule has 0 atom stereocenters. The molecule has 1 amide bonds. The fraction of sp³-hybridized carbons (Fsp3) is 0.250. The number of amides is 1. The molecule has 1 fully saturated rings. The Labute approximate surface area is 178 Å². The Bertz CT molecular complexity index is 1110. The minimum Gasteiger partial charge on any atom is -0.304 e. The highest BCUT2D eigenvalue weighted by atomic mass is 16.6. The Morgan fingerprint density at radius 3 is 2.52 bits per heavy atom. The minimum atomic E-state index is -0.579. The molecule has 0 bridgehead atoms. The average molecular weight is 422 g/mol. The molecule has 11 heteroatoms. The number of hydrogen-bond acceptors (Lipinski definition) is 9. The van der Waals surface area contributed by atoms with Crippen molar-refractivity contribution in [2.45, 2.75) is 0 Å². The number of benzene rings is 2. The molecule has 0 unspecified atom stereocenters. The number of likely N-dealkylation sites (N-methyl/N-ethyl adjacent to an activating group) is 1. The molecular weight excluding hydrogens is 400 g/mol. The summed E-state index contributed by atoms with van der Waals surface area (Å²) in [5, 5.41) is 15.3. The van der Waals surface area contributed by atoms with Gasteiger partial charge in [0.2, 0.25) is 11.6 Å². The third-order valence-electron chi connectivity index (χ3n) is 5.10. The molecule has 4 rings (SSSR count). The molecule has 0 saturated carbocycles. The van der Waals surface area contributed by atoms with Gasteiger partial charge in [-0.3, -0.25) is 31.2 Å². The highest BCUT2D eigenvalue weighted by Crippen LogP contribution is 2.29. The summed E-state index contributed by atoms with van der Waals surface area (Å²) in [7, 11) is 2.02. The Kier molecular flexibility index (Phi) is 5.87. The molecule has 2 aromatic carbocycles. The summed E-state index contributed by atoms with van der Waals surface area (Å²) in [5.74, 6) is -0.477. The second-order valence-corrected chi connectivity index (χ2v) is 7.18. The number of nitrogens with zero attached hydrogens (tertiary/aromatic N) is 5. The molecule has 3 aromatic rings. The van der Waals surface area contributed by atoms with Crippen LogP contribution in [-0.4, -0.2) is 63.9 Å². The Hall–Kier alpha value is -3.83. The number of hydrogen-bond donors (Lipinski definition) is 3. The SMILES string of the molecule is CN1CCN(Nc2ncnc(NNC(=O)c3cccc4ccccc34)c2[N+](=O)[O-])CC1. The zero-order chi connectivity index (χ0) is 21.8. The molecule has 0 radical (unpaired) electrons. The van der Waals surface area contributed by atoms with Gasteiger partial charge in [0.15, 0.2) is 0 Å². The summed E-state index contributed by atoms with van der Waals surface area (Å²) in [6.45, 7) is 3.05. The second kappa shape index (κ2) is 8.90. The molecule has 1 saturated heterocycles. The highest BCUT2D eigenvalue weighted by molar-refractivity contribution is 6.07. The molecule has 31 heavy (non-hydrogen) atoms. The molecule has 1 aromatic heterocycles. The molecule has 0 aliphatic carbocycles. The van der Waals surface area contributed by atoms with E-state index in [9.17, 15) is 14.9 Å². The first kappa shape index (κ1) is 20.4. The van der Waals surface area contributed by atoms with Crippen LogP contribution in [0.15, 0.2) is 48.8 Å². The first-order chi connectivity index (χ1) is 15.0. The lowest BCUT2D eigenvalue weighted by Gasteiger charge is -2.32. The summed E-state index contributed by atoms with van der Waals surface area (Å²) >= 11 is 0. The summed E-state index contributed by atoms with van der Waals surface area (Å²) in [6.07, 6.45) is 1.21. The van der Waals surface area contributed by atoms with Gasteiger partial charge in [-0.05, 0) is 23.9 Å². The number of rotatable bonds is 6. The monoisotopic (exact) mass is 422 g/mol. The average Bonchev–Trinajstić information content (AvgIpc) is 2.78. The van der Waals surface area contributed by atoms with E-state index in [0.29, 0.717) is 18.7 Å². The van der Waals surface area contributed by atoms with Gasteiger partial charge >= 0.3 is 5.69 Å². The van der Waals surface area contributed by atoms with Gasteiger partial charge in [0.1, 0.15) is 6.33 Å². The van der Waals surface area contributed by atoms with E-state index in [1.54, 1.807) is 12.1 Å². The number of aromatic nitrogens is 2. The lowest BCUT2D eigenvalue weighted by molar-refractivity contribution is -0.383. The van der Waals surface area contributed by atoms with E-state index in [0.717, 1.165) is 23.9 Å². The standard InChI is InChI=1S/C20H22N8O3/c1-26-9-11-27(12-10-26)25-19-17(28(30)31)18(21-13-22-19)23-24-20(29)16-8-4-6-14-5-2-3-7-15(14)16/h2-8,13H,9-12H2,1H3,(H,24,29)(H2,21,22,23,25). The number of anilines is 2. The van der Waals surface area contributed by atoms with Crippen LogP contribution in [0.25, 0.3) is 10.8 Å². The first-order valence-corrected chi connectivity index (χ1v) is 9.76. The number of nitrogens with one attached hydrogen (secondary N) is 3.